The molecule has 0 bridgehead atoms. The predicted octanol–water partition coefficient (Wildman–Crippen LogP) is 2.62. The smallest absolute Gasteiger partial charge is 0.335 e. The Bertz CT molecular complexity index is 1060. The topological polar surface area (TPSA) is 105 Å². The SMILES string of the molecule is CCOc1ccc(/C=C2\C(=O)NC(=S)N(c3ccc(C(=O)O)cc3)C2=O)cc1OC. The van der Waals surface area contributed by atoms with Crippen LogP contribution in [0, 0.1) is 0 Å². The van der Waals surface area contributed by atoms with Gasteiger partial charge in [-0.15, -0.1) is 0 Å². The molecule has 1 aliphatic rings. The number of thiocarbonyl (C=S) groups is 1. The van der Waals surface area contributed by atoms with Crippen LogP contribution in [0.15, 0.2) is 48.0 Å². The van der Waals surface area contributed by atoms with E-state index in [9.17, 15) is 14.4 Å². The molecule has 154 valence electrons. The minimum absolute atomic E-state index is 0.0652. The molecule has 0 spiro atoms. The monoisotopic (exact) mass is 426 g/mol. The standard InChI is InChI=1S/C21H18N2O6S/c1-3-29-16-9-4-12(11-17(16)28-2)10-15-18(24)22-21(30)23(19(15)25)14-7-5-13(6-8-14)20(26)27/h4-11H,3H2,1-2H3,(H,26,27)(H,22,24,30)/b15-10+. The lowest BCUT2D eigenvalue weighted by Crippen LogP contribution is -2.54. The van der Waals surface area contributed by atoms with Crippen molar-refractivity contribution in [3.05, 3.63) is 59.2 Å². The third-order valence-electron chi connectivity index (χ3n) is 4.27. The van der Waals surface area contributed by atoms with Gasteiger partial charge in [-0.3, -0.25) is 19.8 Å². The van der Waals surface area contributed by atoms with Crippen LogP contribution in [0.5, 0.6) is 11.5 Å². The molecule has 2 amide bonds. The van der Waals surface area contributed by atoms with E-state index in [1.165, 1.54) is 37.5 Å². The zero-order valence-electron chi connectivity index (χ0n) is 16.2. The van der Waals surface area contributed by atoms with Crippen molar-refractivity contribution in [2.24, 2.45) is 0 Å². The molecule has 1 heterocycles. The van der Waals surface area contributed by atoms with Gasteiger partial charge in [0.25, 0.3) is 11.8 Å². The summed E-state index contributed by atoms with van der Waals surface area (Å²) in [5.41, 5.74) is 0.834. The second kappa shape index (κ2) is 8.75. The van der Waals surface area contributed by atoms with E-state index >= 15 is 0 Å². The maximum Gasteiger partial charge on any atom is 0.335 e. The van der Waals surface area contributed by atoms with E-state index in [4.69, 9.17) is 26.8 Å². The summed E-state index contributed by atoms with van der Waals surface area (Å²) in [5.74, 6) is -1.34. The molecule has 1 saturated heterocycles. The minimum atomic E-state index is -1.09. The largest absolute Gasteiger partial charge is 0.493 e. The molecule has 9 heteroatoms. The van der Waals surface area contributed by atoms with E-state index in [0.717, 1.165) is 4.90 Å². The molecule has 0 unspecified atom stereocenters. The minimum Gasteiger partial charge on any atom is -0.493 e. The molecule has 3 rings (SSSR count). The predicted molar refractivity (Wildman–Crippen MR) is 114 cm³/mol. The maximum absolute atomic E-state index is 13.0. The van der Waals surface area contributed by atoms with E-state index in [-0.39, 0.29) is 16.2 Å². The van der Waals surface area contributed by atoms with Gasteiger partial charge in [0.1, 0.15) is 5.57 Å². The number of ether oxygens (including phenoxy) is 2. The summed E-state index contributed by atoms with van der Waals surface area (Å²) >= 11 is 5.14. The molecule has 0 aromatic heterocycles. The quantitative estimate of drug-likeness (QED) is 0.416. The van der Waals surface area contributed by atoms with Gasteiger partial charge in [-0.1, -0.05) is 6.07 Å². The molecule has 30 heavy (non-hydrogen) atoms. The highest BCUT2D eigenvalue weighted by Crippen LogP contribution is 2.30. The summed E-state index contributed by atoms with van der Waals surface area (Å²) in [7, 11) is 1.49. The van der Waals surface area contributed by atoms with Crippen molar-refractivity contribution in [2.75, 3.05) is 18.6 Å². The molecule has 2 N–H and O–H groups in total. The van der Waals surface area contributed by atoms with Crippen molar-refractivity contribution < 1.29 is 29.0 Å². The van der Waals surface area contributed by atoms with Crippen LogP contribution in [0.25, 0.3) is 6.08 Å². The van der Waals surface area contributed by atoms with Crippen LogP contribution in [0.2, 0.25) is 0 Å². The van der Waals surface area contributed by atoms with Crippen LogP contribution >= 0.6 is 12.2 Å². The lowest BCUT2D eigenvalue weighted by Gasteiger charge is -2.29. The van der Waals surface area contributed by atoms with Crippen LogP contribution in [0.4, 0.5) is 5.69 Å². The molecule has 0 aliphatic carbocycles. The highest BCUT2D eigenvalue weighted by molar-refractivity contribution is 7.80. The molecule has 0 atom stereocenters. The fourth-order valence-electron chi connectivity index (χ4n) is 2.86. The van der Waals surface area contributed by atoms with Gasteiger partial charge in [-0.25, -0.2) is 4.79 Å². The number of amides is 2. The number of rotatable bonds is 6. The van der Waals surface area contributed by atoms with Gasteiger partial charge in [0.15, 0.2) is 16.6 Å². The van der Waals surface area contributed by atoms with Crippen molar-refractivity contribution in [3.63, 3.8) is 0 Å². The molecule has 1 fully saturated rings. The lowest BCUT2D eigenvalue weighted by molar-refractivity contribution is -0.122. The van der Waals surface area contributed by atoms with Crippen LogP contribution in [0.3, 0.4) is 0 Å². The van der Waals surface area contributed by atoms with Crippen LogP contribution in [-0.2, 0) is 9.59 Å². The number of anilines is 1. The average Bonchev–Trinajstić information content (AvgIpc) is 2.72. The molecule has 2 aromatic carbocycles. The van der Waals surface area contributed by atoms with Gasteiger partial charge >= 0.3 is 5.97 Å². The van der Waals surface area contributed by atoms with Crippen molar-refractivity contribution >= 4 is 46.9 Å². The molecule has 8 nitrogen and oxygen atoms in total. The Hall–Kier alpha value is -3.72. The summed E-state index contributed by atoms with van der Waals surface area (Å²) < 4.78 is 10.8. The van der Waals surface area contributed by atoms with E-state index in [1.807, 2.05) is 6.92 Å². The van der Waals surface area contributed by atoms with Gasteiger partial charge in [0.2, 0.25) is 0 Å². The van der Waals surface area contributed by atoms with Crippen molar-refractivity contribution in [1.82, 2.24) is 5.32 Å². The molecule has 1 aliphatic heterocycles. The highest BCUT2D eigenvalue weighted by atomic mass is 32.1. The first-order chi connectivity index (χ1) is 14.3. The van der Waals surface area contributed by atoms with Gasteiger partial charge in [-0.05, 0) is 67.2 Å². The fourth-order valence-corrected chi connectivity index (χ4v) is 3.14. The van der Waals surface area contributed by atoms with E-state index in [1.54, 1.807) is 18.2 Å². The first kappa shape index (κ1) is 21.0. The Balaban J connectivity index is 1.97. The summed E-state index contributed by atoms with van der Waals surface area (Å²) in [6, 6.07) is 10.6. The van der Waals surface area contributed by atoms with Gasteiger partial charge in [-0.2, -0.15) is 0 Å². The summed E-state index contributed by atoms with van der Waals surface area (Å²) in [4.78, 5) is 37.6. The second-order valence-corrected chi connectivity index (χ2v) is 6.54. The number of carboxylic acid groups (broad SMARTS) is 1. The van der Waals surface area contributed by atoms with E-state index in [2.05, 4.69) is 5.32 Å². The van der Waals surface area contributed by atoms with Crippen molar-refractivity contribution in [1.29, 1.82) is 0 Å². The number of hydrogen-bond acceptors (Lipinski definition) is 6. The number of carbonyl (C=O) groups is 3. The maximum atomic E-state index is 13.0. The molecular weight excluding hydrogens is 408 g/mol. The zero-order valence-corrected chi connectivity index (χ0v) is 17.0. The Morgan fingerprint density at radius 2 is 1.87 bits per heavy atom. The number of benzene rings is 2. The molecule has 0 saturated carbocycles. The Morgan fingerprint density at radius 1 is 1.17 bits per heavy atom. The number of nitrogens with one attached hydrogen (secondary N) is 1. The first-order valence-corrected chi connectivity index (χ1v) is 9.32. The summed E-state index contributed by atoms with van der Waals surface area (Å²) in [5, 5.41) is 11.4. The third-order valence-corrected chi connectivity index (χ3v) is 4.56. The first-order valence-electron chi connectivity index (χ1n) is 8.91. The van der Waals surface area contributed by atoms with Crippen molar-refractivity contribution in [3.8, 4) is 11.5 Å². The van der Waals surface area contributed by atoms with E-state index < -0.39 is 17.8 Å². The average molecular weight is 426 g/mol. The Morgan fingerprint density at radius 3 is 2.47 bits per heavy atom. The van der Waals surface area contributed by atoms with Crippen LogP contribution in [0.1, 0.15) is 22.8 Å². The summed E-state index contributed by atoms with van der Waals surface area (Å²) in [6.45, 7) is 2.31. The number of methoxy groups -OCH3 is 1. The summed E-state index contributed by atoms with van der Waals surface area (Å²) in [6.07, 6.45) is 1.43. The second-order valence-electron chi connectivity index (χ2n) is 6.15. The van der Waals surface area contributed by atoms with E-state index in [0.29, 0.717) is 29.4 Å². The van der Waals surface area contributed by atoms with Gasteiger partial charge in [0, 0.05) is 0 Å². The number of nitrogens with zero attached hydrogens (tertiary/aromatic N) is 1. The van der Waals surface area contributed by atoms with Gasteiger partial charge < -0.3 is 14.6 Å². The lowest BCUT2D eigenvalue weighted by atomic mass is 10.1. The number of carboxylic acids is 1. The Labute approximate surface area is 177 Å². The third kappa shape index (κ3) is 4.15. The molecule has 2 aromatic rings. The van der Waals surface area contributed by atoms with Crippen molar-refractivity contribution in [2.45, 2.75) is 6.92 Å². The number of hydrogen-bond donors (Lipinski definition) is 2. The van der Waals surface area contributed by atoms with Crippen LogP contribution < -0.4 is 19.7 Å². The number of aromatic carboxylic acids is 1. The molecule has 0 radical (unpaired) electrons. The molecular formula is C21H18N2O6S. The fraction of sp³-hybridized carbons (Fsp3) is 0.143. The highest BCUT2D eigenvalue weighted by Gasteiger charge is 2.34. The van der Waals surface area contributed by atoms with Gasteiger partial charge in [0.05, 0.1) is 25.0 Å². The van der Waals surface area contributed by atoms with Crippen LogP contribution in [-0.4, -0.2) is 41.7 Å². The normalized spacial score (nSPS) is 15.2. The zero-order chi connectivity index (χ0) is 21.8. The Kier molecular flexibility index (Phi) is 6.12. The number of carbonyl (C=O) groups excluding carboxylic acids is 2.